The normalized spacial score (nSPS) is 15.6. The number of anilines is 1. The Morgan fingerprint density at radius 3 is 2.27 bits per heavy atom. The van der Waals surface area contributed by atoms with Crippen LogP contribution in [0.3, 0.4) is 0 Å². The van der Waals surface area contributed by atoms with E-state index in [2.05, 4.69) is 0 Å². The van der Waals surface area contributed by atoms with E-state index in [9.17, 15) is 24.5 Å². The van der Waals surface area contributed by atoms with E-state index in [1.807, 2.05) is 42.1 Å². The van der Waals surface area contributed by atoms with Gasteiger partial charge in [0.2, 0.25) is 0 Å². The summed E-state index contributed by atoms with van der Waals surface area (Å²) in [6.07, 6.45) is 0. The Bertz CT molecular complexity index is 1410. The van der Waals surface area contributed by atoms with Crippen LogP contribution in [0.2, 0.25) is 0 Å². The molecule has 190 valence electrons. The Kier molecular flexibility index (Phi) is 6.34. The Morgan fingerprint density at radius 1 is 0.946 bits per heavy atom. The molecule has 0 N–H and O–H groups in total. The van der Waals surface area contributed by atoms with Crippen molar-refractivity contribution >= 4 is 39.9 Å². The van der Waals surface area contributed by atoms with Crippen LogP contribution in [-0.4, -0.2) is 90.7 Å². The van der Waals surface area contributed by atoms with Gasteiger partial charge in [-0.1, -0.05) is 30.3 Å². The number of nitro benzene ring substituents is 1. The second-order valence-electron chi connectivity index (χ2n) is 9.49. The Balaban J connectivity index is 1.52. The Labute approximate surface area is 213 Å². The number of carbonyl (C=O) groups excluding carboxylic acids is 3. The van der Waals surface area contributed by atoms with E-state index in [1.54, 1.807) is 35.2 Å². The average Bonchev–Trinajstić information content (AvgIpc) is 2.91. The lowest BCUT2D eigenvalue weighted by molar-refractivity contribution is -0.384. The van der Waals surface area contributed by atoms with Crippen LogP contribution >= 0.6 is 0 Å². The number of likely N-dealkylation sites (N-methyl/N-ethyl adjacent to an activating group) is 1. The molecule has 10 nitrogen and oxygen atoms in total. The summed E-state index contributed by atoms with van der Waals surface area (Å²) in [7, 11) is 3.69. The van der Waals surface area contributed by atoms with Crippen molar-refractivity contribution in [3.8, 4) is 0 Å². The summed E-state index contributed by atoms with van der Waals surface area (Å²) >= 11 is 0. The van der Waals surface area contributed by atoms with Gasteiger partial charge in [-0.2, -0.15) is 0 Å². The highest BCUT2D eigenvalue weighted by Gasteiger charge is 2.37. The van der Waals surface area contributed by atoms with Crippen molar-refractivity contribution in [2.24, 2.45) is 0 Å². The molecule has 0 aromatic heterocycles. The quantitative estimate of drug-likeness (QED) is 0.290. The fourth-order valence-electron chi connectivity index (χ4n) is 5.06. The third kappa shape index (κ3) is 4.29. The first kappa shape index (κ1) is 24.4. The van der Waals surface area contributed by atoms with Crippen LogP contribution in [0.15, 0.2) is 54.6 Å². The average molecular weight is 502 g/mol. The zero-order valence-electron chi connectivity index (χ0n) is 20.7. The highest BCUT2D eigenvalue weighted by atomic mass is 16.6. The van der Waals surface area contributed by atoms with E-state index < -0.39 is 16.7 Å². The van der Waals surface area contributed by atoms with Gasteiger partial charge >= 0.3 is 0 Å². The number of carbonyl (C=O) groups is 3. The molecule has 0 saturated carbocycles. The van der Waals surface area contributed by atoms with Crippen LogP contribution in [0.4, 0.5) is 11.4 Å². The number of hydrogen-bond acceptors (Lipinski definition) is 7. The minimum atomic E-state index is -0.525. The van der Waals surface area contributed by atoms with E-state index >= 15 is 0 Å². The number of rotatable bonds is 6. The van der Waals surface area contributed by atoms with Gasteiger partial charge in [-0.25, -0.2) is 0 Å². The summed E-state index contributed by atoms with van der Waals surface area (Å²) < 4.78 is 0. The molecule has 37 heavy (non-hydrogen) atoms. The molecule has 0 unspecified atom stereocenters. The number of imide groups is 1. The second kappa shape index (κ2) is 9.62. The van der Waals surface area contributed by atoms with E-state index in [0.29, 0.717) is 60.3 Å². The zero-order valence-corrected chi connectivity index (χ0v) is 20.7. The maximum absolute atomic E-state index is 13.3. The fraction of sp³-hybridized carbons (Fsp3) is 0.296. The Hall–Kier alpha value is -4.31. The molecule has 3 amide bonds. The predicted octanol–water partition coefficient (Wildman–Crippen LogP) is 2.87. The van der Waals surface area contributed by atoms with Gasteiger partial charge in [-0.15, -0.1) is 0 Å². The number of nitrogens with zero attached hydrogens (tertiary/aromatic N) is 5. The second-order valence-corrected chi connectivity index (χ2v) is 9.49. The third-order valence-electron chi connectivity index (χ3n) is 6.94. The van der Waals surface area contributed by atoms with Crippen LogP contribution in [-0.2, 0) is 0 Å². The lowest BCUT2D eigenvalue weighted by Gasteiger charge is -2.37. The van der Waals surface area contributed by atoms with Gasteiger partial charge in [0.05, 0.1) is 10.5 Å². The molecule has 2 aliphatic rings. The standard InChI is InChI=1S/C27H27N5O5/c1-28(2)11-16-31-26(34)20-10-6-9-19-23(20)21(27(31)35)17-22(32(36)37)24(19)29-12-14-30(15-13-29)25(33)18-7-4-3-5-8-18/h3-10,17H,11-16H2,1-2H3. The highest BCUT2D eigenvalue weighted by molar-refractivity contribution is 6.27. The molecule has 1 saturated heterocycles. The molecule has 3 aromatic rings. The van der Waals surface area contributed by atoms with Gasteiger partial charge in [0.15, 0.2) is 0 Å². The summed E-state index contributed by atoms with van der Waals surface area (Å²) in [6.45, 7) is 2.22. The van der Waals surface area contributed by atoms with Crippen LogP contribution in [0.1, 0.15) is 31.1 Å². The molecule has 0 bridgehead atoms. The van der Waals surface area contributed by atoms with Gasteiger partial charge < -0.3 is 14.7 Å². The van der Waals surface area contributed by atoms with Crippen molar-refractivity contribution in [3.05, 3.63) is 81.4 Å². The van der Waals surface area contributed by atoms with Crippen molar-refractivity contribution in [3.63, 3.8) is 0 Å². The fourth-order valence-corrected chi connectivity index (χ4v) is 5.06. The van der Waals surface area contributed by atoms with Crippen molar-refractivity contribution in [2.75, 3.05) is 58.3 Å². The lowest BCUT2D eigenvalue weighted by atomic mass is 9.91. The summed E-state index contributed by atoms with van der Waals surface area (Å²) in [6, 6.07) is 15.4. The van der Waals surface area contributed by atoms with Crippen molar-refractivity contribution in [1.29, 1.82) is 0 Å². The molecule has 2 heterocycles. The van der Waals surface area contributed by atoms with E-state index in [4.69, 9.17) is 0 Å². The topological polar surface area (TPSA) is 107 Å². The number of amides is 3. The van der Waals surface area contributed by atoms with Gasteiger partial charge in [-0.3, -0.25) is 29.4 Å². The first-order valence-electron chi connectivity index (χ1n) is 12.1. The lowest BCUT2D eigenvalue weighted by Crippen LogP contribution is -2.49. The van der Waals surface area contributed by atoms with Crippen LogP contribution in [0.25, 0.3) is 10.8 Å². The molecule has 1 fully saturated rings. The van der Waals surface area contributed by atoms with Gasteiger partial charge in [0.25, 0.3) is 23.4 Å². The van der Waals surface area contributed by atoms with Crippen molar-refractivity contribution in [2.45, 2.75) is 0 Å². The molecule has 2 aliphatic heterocycles. The van der Waals surface area contributed by atoms with E-state index in [-0.39, 0.29) is 23.7 Å². The first-order valence-corrected chi connectivity index (χ1v) is 12.1. The van der Waals surface area contributed by atoms with Gasteiger partial charge in [0, 0.05) is 67.2 Å². The number of benzene rings is 3. The number of hydrogen-bond donors (Lipinski definition) is 0. The molecule has 0 spiro atoms. The van der Waals surface area contributed by atoms with Crippen LogP contribution in [0, 0.1) is 10.1 Å². The van der Waals surface area contributed by atoms with Crippen molar-refractivity contribution < 1.29 is 19.3 Å². The molecule has 0 radical (unpaired) electrons. The molecule has 5 rings (SSSR count). The molecule has 10 heteroatoms. The monoisotopic (exact) mass is 501 g/mol. The predicted molar refractivity (Wildman–Crippen MR) is 139 cm³/mol. The summed E-state index contributed by atoms with van der Waals surface area (Å²) in [5.41, 5.74) is 1.31. The van der Waals surface area contributed by atoms with E-state index in [0.717, 1.165) is 4.90 Å². The largest absolute Gasteiger partial charge is 0.362 e. The first-order chi connectivity index (χ1) is 17.8. The number of piperazine rings is 1. The SMILES string of the molecule is CN(C)CCN1C(=O)c2cccc3c(N4CCN(C(=O)c5ccccc5)CC4)c([N+](=O)[O-])cc(c23)C1=O. The van der Waals surface area contributed by atoms with E-state index in [1.165, 1.54) is 6.07 Å². The van der Waals surface area contributed by atoms with Crippen LogP contribution in [0.5, 0.6) is 0 Å². The van der Waals surface area contributed by atoms with Crippen molar-refractivity contribution in [1.82, 2.24) is 14.7 Å². The summed E-state index contributed by atoms with van der Waals surface area (Å²) in [5.74, 6) is -1.01. The van der Waals surface area contributed by atoms with Gasteiger partial charge in [-0.05, 0) is 32.3 Å². The van der Waals surface area contributed by atoms with Crippen LogP contribution < -0.4 is 4.90 Å². The zero-order chi connectivity index (χ0) is 26.3. The summed E-state index contributed by atoms with van der Waals surface area (Å²) in [5, 5.41) is 13.2. The number of nitro groups is 1. The molecule has 0 atom stereocenters. The molecule has 0 aliphatic carbocycles. The minimum Gasteiger partial charge on any atom is -0.362 e. The smallest absolute Gasteiger partial charge is 0.293 e. The van der Waals surface area contributed by atoms with Gasteiger partial charge in [0.1, 0.15) is 5.69 Å². The highest BCUT2D eigenvalue weighted by Crippen LogP contribution is 2.42. The minimum absolute atomic E-state index is 0.0827. The maximum Gasteiger partial charge on any atom is 0.293 e. The maximum atomic E-state index is 13.3. The third-order valence-corrected chi connectivity index (χ3v) is 6.94. The Morgan fingerprint density at radius 2 is 1.62 bits per heavy atom. The molecule has 3 aromatic carbocycles. The molecular formula is C27H27N5O5. The molecular weight excluding hydrogens is 474 g/mol. The summed E-state index contributed by atoms with van der Waals surface area (Å²) in [4.78, 5) is 57.9.